The van der Waals surface area contributed by atoms with Crippen molar-refractivity contribution in [3.63, 3.8) is 0 Å². The SMILES string of the molecule is CCc1cc(CC(NN)c2cccc(OC)c2)n(C)n1. The first-order valence-electron chi connectivity index (χ1n) is 6.79. The number of nitrogens with zero attached hydrogens (tertiary/aromatic N) is 2. The molecule has 0 aliphatic heterocycles. The molecule has 0 saturated heterocycles. The number of hydrogen-bond donors (Lipinski definition) is 2. The van der Waals surface area contributed by atoms with Gasteiger partial charge in [-0.05, 0) is 30.2 Å². The lowest BCUT2D eigenvalue weighted by molar-refractivity contribution is 0.412. The van der Waals surface area contributed by atoms with Crippen molar-refractivity contribution in [3.05, 3.63) is 47.3 Å². The van der Waals surface area contributed by atoms with Gasteiger partial charge in [0.2, 0.25) is 0 Å². The molecule has 0 aliphatic carbocycles. The van der Waals surface area contributed by atoms with Crippen molar-refractivity contribution in [2.45, 2.75) is 25.8 Å². The largest absolute Gasteiger partial charge is 0.497 e. The maximum atomic E-state index is 5.71. The van der Waals surface area contributed by atoms with Crippen LogP contribution in [-0.2, 0) is 19.9 Å². The zero-order chi connectivity index (χ0) is 14.5. The third-order valence-electron chi connectivity index (χ3n) is 3.50. The van der Waals surface area contributed by atoms with Gasteiger partial charge < -0.3 is 4.74 Å². The molecule has 0 fully saturated rings. The fourth-order valence-corrected chi connectivity index (χ4v) is 2.28. The number of nitrogens with two attached hydrogens (primary N) is 1. The first-order chi connectivity index (χ1) is 9.67. The lowest BCUT2D eigenvalue weighted by Gasteiger charge is -2.17. The second-order valence-corrected chi connectivity index (χ2v) is 4.80. The lowest BCUT2D eigenvalue weighted by atomic mass is 10.0. The van der Waals surface area contributed by atoms with Gasteiger partial charge in [-0.2, -0.15) is 5.10 Å². The molecule has 5 nitrogen and oxygen atoms in total. The van der Waals surface area contributed by atoms with E-state index in [0.29, 0.717) is 0 Å². The first kappa shape index (κ1) is 14.6. The third kappa shape index (κ3) is 3.18. The Morgan fingerprint density at radius 1 is 1.40 bits per heavy atom. The van der Waals surface area contributed by atoms with E-state index in [4.69, 9.17) is 10.6 Å². The highest BCUT2D eigenvalue weighted by atomic mass is 16.5. The topological polar surface area (TPSA) is 65.1 Å². The average molecular weight is 274 g/mol. The second-order valence-electron chi connectivity index (χ2n) is 4.80. The summed E-state index contributed by atoms with van der Waals surface area (Å²) in [6.07, 6.45) is 1.72. The summed E-state index contributed by atoms with van der Waals surface area (Å²) in [5, 5.41) is 4.47. The van der Waals surface area contributed by atoms with Crippen LogP contribution in [0.5, 0.6) is 5.75 Å². The van der Waals surface area contributed by atoms with Gasteiger partial charge in [0.1, 0.15) is 5.75 Å². The van der Waals surface area contributed by atoms with E-state index < -0.39 is 0 Å². The van der Waals surface area contributed by atoms with Crippen LogP contribution in [0.1, 0.15) is 29.9 Å². The maximum Gasteiger partial charge on any atom is 0.119 e. The highest BCUT2D eigenvalue weighted by molar-refractivity contribution is 5.31. The zero-order valence-corrected chi connectivity index (χ0v) is 12.3. The van der Waals surface area contributed by atoms with E-state index in [-0.39, 0.29) is 6.04 Å². The minimum absolute atomic E-state index is 0.0326. The van der Waals surface area contributed by atoms with Crippen molar-refractivity contribution in [1.29, 1.82) is 0 Å². The maximum absolute atomic E-state index is 5.71. The van der Waals surface area contributed by atoms with Crippen LogP contribution in [0.4, 0.5) is 0 Å². The Balaban J connectivity index is 2.21. The molecule has 3 N–H and O–H groups in total. The summed E-state index contributed by atoms with van der Waals surface area (Å²) < 4.78 is 7.18. The standard InChI is InChI=1S/C15H22N4O/c1-4-12-9-13(19(2)18-12)10-15(17-16)11-6-5-7-14(8-11)20-3/h5-9,15,17H,4,10,16H2,1-3H3. The Morgan fingerprint density at radius 2 is 2.20 bits per heavy atom. The fraction of sp³-hybridized carbons (Fsp3) is 0.400. The minimum atomic E-state index is 0.0326. The highest BCUT2D eigenvalue weighted by Crippen LogP contribution is 2.22. The molecule has 0 bridgehead atoms. The number of rotatable bonds is 6. The van der Waals surface area contributed by atoms with Crippen molar-refractivity contribution < 1.29 is 4.74 Å². The normalized spacial score (nSPS) is 12.4. The van der Waals surface area contributed by atoms with Gasteiger partial charge in [-0.1, -0.05) is 19.1 Å². The molecule has 0 saturated carbocycles. The number of benzene rings is 1. The predicted molar refractivity (Wildman–Crippen MR) is 79.3 cm³/mol. The van der Waals surface area contributed by atoms with E-state index in [1.54, 1.807) is 7.11 Å². The first-order valence-corrected chi connectivity index (χ1v) is 6.79. The molecule has 0 spiro atoms. The van der Waals surface area contributed by atoms with E-state index in [1.807, 2.05) is 36.0 Å². The lowest BCUT2D eigenvalue weighted by Crippen LogP contribution is -2.30. The van der Waals surface area contributed by atoms with Crippen LogP contribution in [0.15, 0.2) is 30.3 Å². The van der Waals surface area contributed by atoms with E-state index in [2.05, 4.69) is 23.5 Å². The number of aryl methyl sites for hydroxylation is 2. The Labute approximate surface area is 119 Å². The summed E-state index contributed by atoms with van der Waals surface area (Å²) in [5.74, 6) is 6.55. The smallest absolute Gasteiger partial charge is 0.119 e. The monoisotopic (exact) mass is 274 g/mol. The Bertz CT molecular complexity index is 565. The quantitative estimate of drug-likeness (QED) is 0.622. The molecular weight excluding hydrogens is 252 g/mol. The van der Waals surface area contributed by atoms with Gasteiger partial charge in [0, 0.05) is 19.2 Å². The highest BCUT2D eigenvalue weighted by Gasteiger charge is 2.14. The number of hydrogen-bond acceptors (Lipinski definition) is 4. The van der Waals surface area contributed by atoms with Gasteiger partial charge in [0.25, 0.3) is 0 Å². The molecule has 2 aromatic rings. The molecular formula is C15H22N4O. The van der Waals surface area contributed by atoms with E-state index >= 15 is 0 Å². The molecule has 1 aromatic carbocycles. The van der Waals surface area contributed by atoms with Crippen molar-refractivity contribution in [2.75, 3.05) is 7.11 Å². The van der Waals surface area contributed by atoms with Gasteiger partial charge in [-0.25, -0.2) is 0 Å². The summed E-state index contributed by atoms with van der Waals surface area (Å²) in [4.78, 5) is 0. The second kappa shape index (κ2) is 6.54. The van der Waals surface area contributed by atoms with Gasteiger partial charge >= 0.3 is 0 Å². The summed E-state index contributed by atoms with van der Waals surface area (Å²) in [7, 11) is 3.63. The number of nitrogens with one attached hydrogen (secondary N) is 1. The zero-order valence-electron chi connectivity index (χ0n) is 12.3. The molecule has 0 aliphatic rings. The van der Waals surface area contributed by atoms with Gasteiger partial charge in [0.15, 0.2) is 0 Å². The Kier molecular flexibility index (Phi) is 4.76. The van der Waals surface area contributed by atoms with Crippen molar-refractivity contribution >= 4 is 0 Å². The molecule has 1 unspecified atom stereocenters. The Hall–Kier alpha value is -1.85. The molecule has 2 rings (SSSR count). The minimum Gasteiger partial charge on any atom is -0.497 e. The van der Waals surface area contributed by atoms with Crippen LogP contribution >= 0.6 is 0 Å². The molecule has 108 valence electrons. The summed E-state index contributed by atoms with van der Waals surface area (Å²) >= 11 is 0. The van der Waals surface area contributed by atoms with Crippen LogP contribution in [0, 0.1) is 0 Å². The summed E-state index contributed by atoms with van der Waals surface area (Å²) in [6, 6.07) is 10.1. The van der Waals surface area contributed by atoms with E-state index in [0.717, 1.165) is 35.5 Å². The molecule has 0 radical (unpaired) electrons. The molecule has 1 heterocycles. The average Bonchev–Trinajstić information content (AvgIpc) is 2.85. The molecule has 20 heavy (non-hydrogen) atoms. The van der Waals surface area contributed by atoms with Crippen molar-refractivity contribution in [3.8, 4) is 5.75 Å². The fourth-order valence-electron chi connectivity index (χ4n) is 2.28. The number of hydrazine groups is 1. The molecule has 5 heteroatoms. The number of methoxy groups -OCH3 is 1. The van der Waals surface area contributed by atoms with E-state index in [9.17, 15) is 0 Å². The number of ether oxygens (including phenoxy) is 1. The predicted octanol–water partition coefficient (Wildman–Crippen LogP) is 1.74. The van der Waals surface area contributed by atoms with Crippen LogP contribution in [0.25, 0.3) is 0 Å². The Morgan fingerprint density at radius 3 is 2.80 bits per heavy atom. The van der Waals surface area contributed by atoms with Crippen LogP contribution in [-0.4, -0.2) is 16.9 Å². The van der Waals surface area contributed by atoms with Gasteiger partial charge in [-0.3, -0.25) is 16.0 Å². The van der Waals surface area contributed by atoms with Crippen LogP contribution < -0.4 is 16.0 Å². The van der Waals surface area contributed by atoms with E-state index in [1.165, 1.54) is 0 Å². The molecule has 1 aromatic heterocycles. The summed E-state index contributed by atoms with van der Waals surface area (Å²) in [6.45, 7) is 2.10. The molecule has 1 atom stereocenters. The van der Waals surface area contributed by atoms with Crippen molar-refractivity contribution in [2.24, 2.45) is 12.9 Å². The van der Waals surface area contributed by atoms with Gasteiger partial charge in [-0.15, -0.1) is 0 Å². The van der Waals surface area contributed by atoms with Crippen molar-refractivity contribution in [1.82, 2.24) is 15.2 Å². The summed E-state index contributed by atoms with van der Waals surface area (Å²) in [5.41, 5.74) is 6.24. The third-order valence-corrected chi connectivity index (χ3v) is 3.50. The number of aromatic nitrogens is 2. The molecule has 0 amide bonds. The van der Waals surface area contributed by atoms with Crippen LogP contribution in [0.3, 0.4) is 0 Å². The van der Waals surface area contributed by atoms with Crippen LogP contribution in [0.2, 0.25) is 0 Å². The van der Waals surface area contributed by atoms with Gasteiger partial charge in [0.05, 0.1) is 18.8 Å².